The number of urea groups is 1. The van der Waals surface area contributed by atoms with Crippen LogP contribution in [0.2, 0.25) is 0 Å². The molecule has 0 aromatic carbocycles. The number of rotatable bonds is 4. The maximum atomic E-state index is 12.3. The van der Waals surface area contributed by atoms with Gasteiger partial charge >= 0.3 is 6.03 Å². The van der Waals surface area contributed by atoms with Crippen molar-refractivity contribution in [2.75, 3.05) is 26.2 Å². The summed E-state index contributed by atoms with van der Waals surface area (Å²) in [4.78, 5) is 29.0. The Hall–Kier alpha value is -2.16. The van der Waals surface area contributed by atoms with Crippen LogP contribution in [0, 0.1) is 0 Å². The molecule has 2 aliphatic heterocycles. The number of nitrogens with one attached hydrogen (secondary N) is 1. The van der Waals surface area contributed by atoms with Gasteiger partial charge in [0.05, 0.1) is 12.1 Å². The molecule has 0 radical (unpaired) electrons. The molecule has 23 heavy (non-hydrogen) atoms. The molecule has 2 saturated heterocycles. The minimum absolute atomic E-state index is 0.00459. The Morgan fingerprint density at radius 2 is 2.26 bits per heavy atom. The third-order valence-corrected chi connectivity index (χ3v) is 4.29. The molecular weight excluding hydrogens is 300 g/mol. The minimum atomic E-state index is -0.647. The van der Waals surface area contributed by atoms with Gasteiger partial charge in [-0.15, -0.1) is 5.10 Å². The predicted molar refractivity (Wildman–Crippen MR) is 80.8 cm³/mol. The summed E-state index contributed by atoms with van der Waals surface area (Å²) in [5.74, 6) is -0.643. The molecule has 1 aromatic heterocycles. The summed E-state index contributed by atoms with van der Waals surface area (Å²) < 4.78 is 7.13. The molecule has 0 unspecified atom stereocenters. The van der Waals surface area contributed by atoms with E-state index in [-0.39, 0.29) is 24.0 Å². The van der Waals surface area contributed by atoms with Gasteiger partial charge in [-0.2, -0.15) is 0 Å². The molecule has 9 heteroatoms. The number of likely N-dealkylation sites (tertiary alicyclic amines) is 1. The van der Waals surface area contributed by atoms with Crippen molar-refractivity contribution in [3.8, 4) is 0 Å². The van der Waals surface area contributed by atoms with Gasteiger partial charge in [0.2, 0.25) is 5.82 Å². The van der Waals surface area contributed by atoms with Gasteiger partial charge in [-0.3, -0.25) is 4.79 Å². The largest absolute Gasteiger partial charge is 0.376 e. The Kier molecular flexibility index (Phi) is 4.75. The van der Waals surface area contributed by atoms with Crippen LogP contribution in [0.15, 0.2) is 6.33 Å². The zero-order chi connectivity index (χ0) is 16.2. The van der Waals surface area contributed by atoms with Gasteiger partial charge in [0, 0.05) is 26.2 Å². The number of hydrogen-bond acceptors (Lipinski definition) is 5. The molecule has 3 N–H and O–H groups in total. The number of hydrogen-bond donors (Lipinski definition) is 2. The maximum Gasteiger partial charge on any atom is 0.317 e. The number of nitrogens with two attached hydrogens (primary N) is 1. The normalized spacial score (nSPS) is 24.6. The Morgan fingerprint density at radius 1 is 1.39 bits per heavy atom. The van der Waals surface area contributed by atoms with Crippen LogP contribution in [0.25, 0.3) is 0 Å². The van der Waals surface area contributed by atoms with Crippen molar-refractivity contribution >= 4 is 11.9 Å². The van der Waals surface area contributed by atoms with Crippen molar-refractivity contribution in [3.05, 3.63) is 12.2 Å². The minimum Gasteiger partial charge on any atom is -0.376 e. The van der Waals surface area contributed by atoms with E-state index in [0.29, 0.717) is 19.6 Å². The van der Waals surface area contributed by atoms with E-state index >= 15 is 0 Å². The molecule has 126 valence electrons. The molecule has 3 rings (SSSR count). The van der Waals surface area contributed by atoms with Crippen molar-refractivity contribution in [1.82, 2.24) is 25.0 Å². The summed E-state index contributed by atoms with van der Waals surface area (Å²) in [5.41, 5.74) is 5.17. The Labute approximate surface area is 134 Å². The monoisotopic (exact) mass is 322 g/mol. The fourth-order valence-electron chi connectivity index (χ4n) is 3.04. The number of primary amides is 1. The lowest BCUT2D eigenvalue weighted by molar-refractivity contribution is 0.0988. The summed E-state index contributed by atoms with van der Waals surface area (Å²) >= 11 is 0. The van der Waals surface area contributed by atoms with Crippen LogP contribution < -0.4 is 11.1 Å². The number of ether oxygens (including phenoxy) is 1. The summed E-state index contributed by atoms with van der Waals surface area (Å²) in [6, 6.07) is -0.0710. The second-order valence-electron chi connectivity index (χ2n) is 5.98. The summed E-state index contributed by atoms with van der Waals surface area (Å²) in [6.07, 6.45) is 5.45. The molecule has 0 aliphatic carbocycles. The van der Waals surface area contributed by atoms with Crippen LogP contribution in [0.3, 0.4) is 0 Å². The third-order valence-electron chi connectivity index (χ3n) is 4.29. The van der Waals surface area contributed by atoms with Gasteiger partial charge in [-0.1, -0.05) is 0 Å². The van der Waals surface area contributed by atoms with E-state index < -0.39 is 5.91 Å². The van der Waals surface area contributed by atoms with Crippen LogP contribution in [0.5, 0.6) is 0 Å². The van der Waals surface area contributed by atoms with Crippen molar-refractivity contribution in [1.29, 1.82) is 0 Å². The van der Waals surface area contributed by atoms with E-state index in [4.69, 9.17) is 10.5 Å². The van der Waals surface area contributed by atoms with Crippen molar-refractivity contribution in [3.63, 3.8) is 0 Å². The fourth-order valence-corrected chi connectivity index (χ4v) is 3.04. The highest BCUT2D eigenvalue weighted by Crippen LogP contribution is 2.20. The zero-order valence-electron chi connectivity index (χ0n) is 13.0. The Balaban J connectivity index is 1.54. The second-order valence-corrected chi connectivity index (χ2v) is 5.98. The first-order valence-corrected chi connectivity index (χ1v) is 7.99. The number of aromatic nitrogens is 3. The maximum absolute atomic E-state index is 12.3. The van der Waals surface area contributed by atoms with Crippen LogP contribution in [0.1, 0.15) is 42.3 Å². The first-order valence-electron chi connectivity index (χ1n) is 7.99. The average molecular weight is 322 g/mol. The van der Waals surface area contributed by atoms with Gasteiger partial charge in [-0.25, -0.2) is 14.5 Å². The number of carbonyl (C=O) groups is 2. The summed E-state index contributed by atoms with van der Waals surface area (Å²) in [5, 5.41) is 7.02. The number of amides is 3. The molecule has 0 saturated carbocycles. The van der Waals surface area contributed by atoms with E-state index in [2.05, 4.69) is 15.4 Å². The lowest BCUT2D eigenvalue weighted by Crippen LogP contribution is -2.47. The molecule has 1 aromatic rings. The summed E-state index contributed by atoms with van der Waals surface area (Å²) in [7, 11) is 0. The van der Waals surface area contributed by atoms with Crippen molar-refractivity contribution < 1.29 is 14.3 Å². The average Bonchev–Trinajstić information content (AvgIpc) is 3.24. The van der Waals surface area contributed by atoms with Gasteiger partial charge in [0.15, 0.2) is 0 Å². The third kappa shape index (κ3) is 3.79. The van der Waals surface area contributed by atoms with Crippen molar-refractivity contribution in [2.45, 2.75) is 37.8 Å². The van der Waals surface area contributed by atoms with Crippen molar-refractivity contribution in [2.24, 2.45) is 5.73 Å². The molecule has 9 nitrogen and oxygen atoms in total. The topological polar surface area (TPSA) is 115 Å². The summed E-state index contributed by atoms with van der Waals surface area (Å²) in [6.45, 7) is 2.58. The zero-order valence-corrected chi connectivity index (χ0v) is 13.0. The SMILES string of the molecule is NC(=O)c1ncn([C@@H]2CCCN(C(=O)NC[C@@H]3CCCO3)C2)n1. The Morgan fingerprint density at radius 3 is 2.96 bits per heavy atom. The molecule has 0 bridgehead atoms. The van der Waals surface area contributed by atoms with E-state index in [1.165, 1.54) is 6.33 Å². The molecule has 2 fully saturated rings. The first-order chi connectivity index (χ1) is 11.1. The highest BCUT2D eigenvalue weighted by Gasteiger charge is 2.26. The van der Waals surface area contributed by atoms with E-state index in [9.17, 15) is 9.59 Å². The quantitative estimate of drug-likeness (QED) is 0.803. The van der Waals surface area contributed by atoms with Gasteiger partial charge in [-0.05, 0) is 25.7 Å². The van der Waals surface area contributed by atoms with E-state index in [1.807, 2.05) is 0 Å². The number of piperidine rings is 1. The fraction of sp³-hybridized carbons (Fsp3) is 0.714. The van der Waals surface area contributed by atoms with Crippen LogP contribution >= 0.6 is 0 Å². The molecule has 0 spiro atoms. The molecular formula is C14H22N6O3. The number of carbonyl (C=O) groups excluding carboxylic acids is 2. The van der Waals surface area contributed by atoms with Gasteiger partial charge in [0.25, 0.3) is 5.91 Å². The molecule has 3 heterocycles. The molecule has 3 amide bonds. The first kappa shape index (κ1) is 15.7. The lowest BCUT2D eigenvalue weighted by atomic mass is 10.1. The van der Waals surface area contributed by atoms with Crippen LogP contribution in [-0.2, 0) is 4.74 Å². The van der Waals surface area contributed by atoms with E-state index in [1.54, 1.807) is 9.58 Å². The number of nitrogens with zero attached hydrogens (tertiary/aromatic N) is 4. The smallest absolute Gasteiger partial charge is 0.317 e. The molecule has 2 aliphatic rings. The highest BCUT2D eigenvalue weighted by atomic mass is 16.5. The second kappa shape index (κ2) is 6.95. The Bertz CT molecular complexity index is 569. The standard InChI is InChI=1S/C14H22N6O3/c15-12(21)13-17-9-20(18-13)10-3-1-5-19(8-10)14(22)16-7-11-4-2-6-23-11/h9-11H,1-8H2,(H2,15,21)(H,16,22)/t10-,11+/m1/s1. The highest BCUT2D eigenvalue weighted by molar-refractivity contribution is 5.88. The lowest BCUT2D eigenvalue weighted by Gasteiger charge is -2.32. The van der Waals surface area contributed by atoms with Gasteiger partial charge in [0.1, 0.15) is 6.33 Å². The van der Waals surface area contributed by atoms with Gasteiger partial charge < -0.3 is 20.7 Å². The molecule has 2 atom stereocenters. The van der Waals surface area contributed by atoms with E-state index in [0.717, 1.165) is 32.3 Å². The van der Waals surface area contributed by atoms with Crippen LogP contribution in [-0.4, -0.2) is 63.9 Å². The van der Waals surface area contributed by atoms with Crippen LogP contribution in [0.4, 0.5) is 4.79 Å². The predicted octanol–water partition coefficient (Wildman–Crippen LogP) is -0.0975.